The van der Waals surface area contributed by atoms with E-state index in [0.717, 1.165) is 45.5 Å². The van der Waals surface area contributed by atoms with E-state index >= 15 is 0 Å². The third-order valence-corrected chi connectivity index (χ3v) is 8.09. The number of benzene rings is 3. The third kappa shape index (κ3) is 7.48. The summed E-state index contributed by atoms with van der Waals surface area (Å²) in [5.74, 6) is 0.714. The molecule has 0 bridgehead atoms. The number of carbonyl (C=O) groups excluding carboxylic acids is 1. The molecule has 3 rings (SSSR count). The van der Waals surface area contributed by atoms with E-state index in [1.165, 1.54) is 12.1 Å². The average molecular weight is 521 g/mol. The predicted octanol–water partition coefficient (Wildman–Crippen LogP) is 5.42. The predicted molar refractivity (Wildman–Crippen MR) is 137 cm³/mol. The number of halogens is 2. The molecule has 0 saturated carbocycles. The van der Waals surface area contributed by atoms with Crippen molar-refractivity contribution in [1.82, 2.24) is 5.32 Å². The van der Waals surface area contributed by atoms with Crippen molar-refractivity contribution in [3.8, 4) is 0 Å². The fourth-order valence-electron chi connectivity index (χ4n) is 3.17. The topological polar surface area (TPSA) is 66.5 Å². The summed E-state index contributed by atoms with van der Waals surface area (Å²) in [4.78, 5) is 12.5. The molecule has 0 saturated heterocycles. The van der Waals surface area contributed by atoms with E-state index in [0.29, 0.717) is 17.3 Å². The summed E-state index contributed by atoms with van der Waals surface area (Å²) in [5.41, 5.74) is 2.46. The lowest BCUT2D eigenvalue weighted by molar-refractivity contribution is -0.119. The van der Waals surface area contributed by atoms with Gasteiger partial charge in [-0.2, -0.15) is 11.8 Å². The van der Waals surface area contributed by atoms with Crippen molar-refractivity contribution in [1.29, 1.82) is 0 Å². The summed E-state index contributed by atoms with van der Waals surface area (Å²) >= 11 is 7.73. The molecule has 0 radical (unpaired) electrons. The number of thioether (sulfide) groups is 1. The Bertz CT molecular complexity index is 1200. The summed E-state index contributed by atoms with van der Waals surface area (Å²) in [5, 5.41) is 3.50. The summed E-state index contributed by atoms with van der Waals surface area (Å²) in [6, 6.07) is 19.1. The zero-order valence-corrected chi connectivity index (χ0v) is 21.1. The lowest BCUT2D eigenvalue weighted by Crippen LogP contribution is -2.41. The molecule has 0 unspecified atom stereocenters. The van der Waals surface area contributed by atoms with Crippen LogP contribution < -0.4 is 9.62 Å². The van der Waals surface area contributed by atoms with E-state index in [9.17, 15) is 17.6 Å². The third-order valence-electron chi connectivity index (χ3n) is 4.96. The Morgan fingerprint density at radius 3 is 2.44 bits per heavy atom. The van der Waals surface area contributed by atoms with Crippen LogP contribution in [0.2, 0.25) is 5.02 Å². The molecule has 0 atom stereocenters. The van der Waals surface area contributed by atoms with Crippen LogP contribution in [0.1, 0.15) is 17.5 Å². The Labute approximate surface area is 209 Å². The van der Waals surface area contributed by atoms with E-state index in [-0.39, 0.29) is 11.4 Å². The molecule has 5 nitrogen and oxygen atoms in total. The first-order valence-corrected chi connectivity index (χ1v) is 13.7. The Morgan fingerprint density at radius 2 is 1.76 bits per heavy atom. The Balaban J connectivity index is 1.58. The molecule has 34 heavy (non-hydrogen) atoms. The lowest BCUT2D eigenvalue weighted by atomic mass is 10.2. The number of nitrogens with zero attached hydrogens (tertiary/aromatic N) is 1. The molecule has 0 aliphatic carbocycles. The molecule has 9 heteroatoms. The highest BCUT2D eigenvalue weighted by Gasteiger charge is 2.27. The van der Waals surface area contributed by atoms with E-state index in [1.54, 1.807) is 36.0 Å². The molecule has 180 valence electrons. The first-order valence-electron chi connectivity index (χ1n) is 10.7. The van der Waals surface area contributed by atoms with Crippen molar-refractivity contribution >= 4 is 45.0 Å². The molecule has 0 fully saturated rings. The van der Waals surface area contributed by atoms with Gasteiger partial charge in [0.1, 0.15) is 12.4 Å². The minimum atomic E-state index is -4.06. The van der Waals surface area contributed by atoms with Crippen LogP contribution >= 0.6 is 23.4 Å². The van der Waals surface area contributed by atoms with E-state index in [2.05, 4.69) is 5.32 Å². The maximum Gasteiger partial charge on any atom is 0.264 e. The Hall–Kier alpha value is -2.55. The number of nitrogens with one attached hydrogen (secondary N) is 1. The quantitative estimate of drug-likeness (QED) is 0.343. The zero-order valence-electron chi connectivity index (χ0n) is 18.7. The van der Waals surface area contributed by atoms with Crippen LogP contribution in [0, 0.1) is 12.7 Å². The number of amides is 1. The first kappa shape index (κ1) is 26.1. The van der Waals surface area contributed by atoms with Gasteiger partial charge in [0.05, 0.1) is 10.6 Å². The molecular weight excluding hydrogens is 495 g/mol. The van der Waals surface area contributed by atoms with Crippen molar-refractivity contribution in [2.75, 3.05) is 23.1 Å². The van der Waals surface area contributed by atoms with Gasteiger partial charge in [0, 0.05) is 17.3 Å². The number of carbonyl (C=O) groups is 1. The number of anilines is 1. The van der Waals surface area contributed by atoms with Crippen molar-refractivity contribution in [2.24, 2.45) is 0 Å². The van der Waals surface area contributed by atoms with Gasteiger partial charge in [0.2, 0.25) is 5.91 Å². The minimum absolute atomic E-state index is 0.0836. The normalized spacial score (nSPS) is 11.3. The number of hydrogen-bond acceptors (Lipinski definition) is 4. The molecular formula is C25H26ClFN2O3S2. The minimum Gasteiger partial charge on any atom is -0.354 e. The molecule has 0 spiro atoms. The van der Waals surface area contributed by atoms with Gasteiger partial charge in [0.15, 0.2) is 0 Å². The second-order valence-electron chi connectivity index (χ2n) is 7.69. The van der Waals surface area contributed by atoms with Gasteiger partial charge in [-0.25, -0.2) is 12.8 Å². The molecule has 0 aliphatic rings. The standard InChI is InChI=1S/C25H26ClFN2O3S2/c1-19-6-10-23(11-7-19)29(34(31,32)24-12-8-22(27)9-13-24)17-25(30)28-14-3-15-33-18-20-4-2-5-21(26)16-20/h2,4-13,16H,3,14-15,17-18H2,1H3,(H,28,30). The Morgan fingerprint density at radius 1 is 1.06 bits per heavy atom. The molecule has 1 N–H and O–H groups in total. The molecule has 1 amide bonds. The molecule has 0 aromatic heterocycles. The van der Waals surface area contributed by atoms with Gasteiger partial charge in [-0.05, 0) is 73.2 Å². The highest BCUT2D eigenvalue weighted by Crippen LogP contribution is 2.24. The molecule has 3 aromatic rings. The largest absolute Gasteiger partial charge is 0.354 e. The van der Waals surface area contributed by atoms with Crippen molar-refractivity contribution in [3.63, 3.8) is 0 Å². The summed E-state index contributed by atoms with van der Waals surface area (Å²) < 4.78 is 40.9. The van der Waals surface area contributed by atoms with Gasteiger partial charge >= 0.3 is 0 Å². The fraction of sp³-hybridized carbons (Fsp3) is 0.240. The van der Waals surface area contributed by atoms with E-state index < -0.39 is 21.7 Å². The van der Waals surface area contributed by atoms with Crippen LogP contribution in [-0.2, 0) is 20.6 Å². The van der Waals surface area contributed by atoms with Crippen molar-refractivity contribution in [2.45, 2.75) is 24.0 Å². The smallest absolute Gasteiger partial charge is 0.264 e. The fourth-order valence-corrected chi connectivity index (χ4v) is 5.71. The summed E-state index contributed by atoms with van der Waals surface area (Å²) in [7, 11) is -4.06. The maximum atomic E-state index is 13.3. The van der Waals surface area contributed by atoms with E-state index in [4.69, 9.17) is 11.6 Å². The van der Waals surface area contributed by atoms with Crippen LogP contribution in [0.15, 0.2) is 77.7 Å². The monoisotopic (exact) mass is 520 g/mol. The average Bonchev–Trinajstić information content (AvgIpc) is 2.81. The van der Waals surface area contributed by atoms with Crippen LogP contribution in [0.5, 0.6) is 0 Å². The van der Waals surface area contributed by atoms with Gasteiger partial charge in [0.25, 0.3) is 10.0 Å². The van der Waals surface area contributed by atoms with Crippen LogP contribution in [0.25, 0.3) is 0 Å². The number of hydrogen-bond donors (Lipinski definition) is 1. The summed E-state index contributed by atoms with van der Waals surface area (Å²) in [6.07, 6.45) is 0.742. The number of aryl methyl sites for hydroxylation is 1. The van der Waals surface area contributed by atoms with Crippen molar-refractivity contribution in [3.05, 3.63) is 94.8 Å². The van der Waals surface area contributed by atoms with Crippen LogP contribution in [0.3, 0.4) is 0 Å². The second-order valence-corrected chi connectivity index (χ2v) is 11.1. The van der Waals surface area contributed by atoms with E-state index in [1.807, 2.05) is 31.2 Å². The maximum absolute atomic E-state index is 13.3. The van der Waals surface area contributed by atoms with Crippen LogP contribution in [-0.4, -0.2) is 33.2 Å². The molecule has 3 aromatic carbocycles. The molecule has 0 heterocycles. The van der Waals surface area contributed by atoms with Gasteiger partial charge in [-0.15, -0.1) is 0 Å². The highest BCUT2D eigenvalue weighted by molar-refractivity contribution is 7.98. The summed E-state index contributed by atoms with van der Waals surface area (Å²) in [6.45, 7) is 1.94. The Kier molecular flexibility index (Phi) is 9.38. The SMILES string of the molecule is Cc1ccc(N(CC(=O)NCCCSCc2cccc(Cl)c2)S(=O)(=O)c2ccc(F)cc2)cc1. The number of rotatable bonds is 11. The van der Waals surface area contributed by atoms with Crippen LogP contribution in [0.4, 0.5) is 10.1 Å². The van der Waals surface area contributed by atoms with Crippen molar-refractivity contribution < 1.29 is 17.6 Å². The number of sulfonamides is 1. The lowest BCUT2D eigenvalue weighted by Gasteiger charge is -2.24. The molecule has 0 aliphatic heterocycles. The van der Waals surface area contributed by atoms with Gasteiger partial charge < -0.3 is 5.32 Å². The second kappa shape index (κ2) is 12.2. The first-order chi connectivity index (χ1) is 16.3. The van der Waals surface area contributed by atoms with Gasteiger partial charge in [-0.3, -0.25) is 9.10 Å². The zero-order chi connectivity index (χ0) is 24.6. The highest BCUT2D eigenvalue weighted by atomic mass is 35.5. The van der Waals surface area contributed by atoms with Gasteiger partial charge in [-0.1, -0.05) is 41.4 Å².